The molecular formula is C38H48Cl2N8O9. The Kier molecular flexibility index (Phi) is 12.6. The van der Waals surface area contributed by atoms with Crippen molar-refractivity contribution < 1.29 is 38.3 Å². The van der Waals surface area contributed by atoms with Gasteiger partial charge in [-0.25, -0.2) is 19.6 Å². The van der Waals surface area contributed by atoms with Crippen LogP contribution < -0.4 is 30.3 Å². The Balaban J connectivity index is 1.47. The lowest BCUT2D eigenvalue weighted by atomic mass is 10.0. The molecule has 2 aromatic carbocycles. The van der Waals surface area contributed by atoms with E-state index in [-0.39, 0.29) is 73.3 Å². The van der Waals surface area contributed by atoms with E-state index in [9.17, 15) is 24.5 Å². The van der Waals surface area contributed by atoms with Gasteiger partial charge < -0.3 is 34.5 Å². The molecule has 17 nitrogen and oxygen atoms in total. The van der Waals surface area contributed by atoms with Crippen LogP contribution in [-0.2, 0) is 14.3 Å². The minimum Gasteiger partial charge on any atom is -0.494 e. The molecule has 1 spiro atoms. The molecule has 308 valence electrons. The minimum absolute atomic E-state index is 0.0197. The predicted octanol–water partition coefficient (Wildman–Crippen LogP) is 7.40. The van der Waals surface area contributed by atoms with Gasteiger partial charge in [0.15, 0.2) is 11.5 Å². The molecule has 2 aliphatic rings. The molecule has 19 heteroatoms. The van der Waals surface area contributed by atoms with E-state index < -0.39 is 34.1 Å². The Labute approximate surface area is 340 Å². The van der Waals surface area contributed by atoms with Gasteiger partial charge in [-0.3, -0.25) is 25.1 Å². The van der Waals surface area contributed by atoms with E-state index in [0.717, 1.165) is 25.9 Å². The largest absolute Gasteiger partial charge is 0.494 e. The van der Waals surface area contributed by atoms with E-state index in [2.05, 4.69) is 42.6 Å². The third kappa shape index (κ3) is 9.71. The maximum atomic E-state index is 13.4. The molecule has 3 aromatic rings. The first-order valence-corrected chi connectivity index (χ1v) is 19.0. The first-order valence-electron chi connectivity index (χ1n) is 18.3. The normalized spacial score (nSPS) is 15.1. The molecule has 2 amide bonds. The van der Waals surface area contributed by atoms with Crippen LogP contribution in [0, 0.1) is 10.1 Å². The Morgan fingerprint density at radius 2 is 1.58 bits per heavy atom. The number of aromatic nitrogens is 2. The van der Waals surface area contributed by atoms with Crippen LogP contribution in [0.25, 0.3) is 11.3 Å². The highest BCUT2D eigenvalue weighted by atomic mass is 35.5. The summed E-state index contributed by atoms with van der Waals surface area (Å²) < 4.78 is 21.8. The van der Waals surface area contributed by atoms with Crippen LogP contribution >= 0.6 is 23.2 Å². The molecule has 0 atom stereocenters. The third-order valence-electron chi connectivity index (χ3n) is 9.24. The lowest BCUT2D eigenvalue weighted by Gasteiger charge is -2.43. The Bertz CT molecular complexity index is 2030. The fourth-order valence-corrected chi connectivity index (χ4v) is 7.41. The molecule has 2 fully saturated rings. The number of nitrogens with zero attached hydrogens (tertiary/aromatic N) is 5. The van der Waals surface area contributed by atoms with Gasteiger partial charge in [0.05, 0.1) is 42.8 Å². The second kappa shape index (κ2) is 16.8. The van der Waals surface area contributed by atoms with Crippen molar-refractivity contribution >= 4 is 69.7 Å². The standard InChI is InChI=1S/C38H48Cl2N8O9/c1-10-47-16-15-46(19-38(47)13-14-38)23-12-11-21(44-35(51)57-37(5,6)7)31(48(52)53)26(23)22-17-24(43-20-42-22)41-18-25(49)45-30-28(39)32(54-8)27(33(55-9)29(30)40)34(50)56-36(2,3)4/h11-12,17,20H,10,13-16,18-19H2,1-9H3,(H,44,51)(H,45,49)(H,41,42,43). The molecular weight excluding hydrogens is 783 g/mol. The smallest absolute Gasteiger partial charge is 0.412 e. The molecule has 2 heterocycles. The number of nitrogens with one attached hydrogen (secondary N) is 3. The lowest BCUT2D eigenvalue weighted by molar-refractivity contribution is -0.383. The fourth-order valence-electron chi connectivity index (χ4n) is 6.73. The first kappa shape index (κ1) is 43.0. The van der Waals surface area contributed by atoms with Crippen molar-refractivity contribution in [3.63, 3.8) is 0 Å². The zero-order valence-electron chi connectivity index (χ0n) is 33.4. The maximum Gasteiger partial charge on any atom is 0.412 e. The summed E-state index contributed by atoms with van der Waals surface area (Å²) in [5.74, 6) is -1.53. The number of amides is 2. The highest BCUT2D eigenvalue weighted by Gasteiger charge is 2.51. The first-order chi connectivity index (χ1) is 26.7. The van der Waals surface area contributed by atoms with Gasteiger partial charge in [0.25, 0.3) is 0 Å². The van der Waals surface area contributed by atoms with Crippen LogP contribution in [0.4, 0.5) is 33.4 Å². The topological polar surface area (TPSA) is 200 Å². The Hall–Kier alpha value is -5.13. The number of piperazine rings is 1. The number of ether oxygens (including phenoxy) is 4. The Morgan fingerprint density at radius 3 is 2.12 bits per heavy atom. The van der Waals surface area contributed by atoms with E-state index in [0.29, 0.717) is 18.8 Å². The van der Waals surface area contributed by atoms with Crippen molar-refractivity contribution in [2.75, 3.05) is 67.8 Å². The number of hydrogen-bond acceptors (Lipinski definition) is 14. The number of esters is 1. The molecule has 0 bridgehead atoms. The maximum absolute atomic E-state index is 13.4. The molecule has 5 rings (SSSR count). The molecule has 0 unspecified atom stereocenters. The number of hydrogen-bond donors (Lipinski definition) is 3. The number of carbonyl (C=O) groups excluding carboxylic acids is 3. The molecule has 57 heavy (non-hydrogen) atoms. The molecule has 1 aliphatic heterocycles. The van der Waals surface area contributed by atoms with Gasteiger partial charge in [-0.15, -0.1) is 0 Å². The average Bonchev–Trinajstić information content (AvgIpc) is 3.89. The monoisotopic (exact) mass is 830 g/mol. The number of methoxy groups -OCH3 is 2. The molecule has 1 saturated heterocycles. The van der Waals surface area contributed by atoms with Crippen molar-refractivity contribution in [2.45, 2.75) is 78.0 Å². The molecule has 0 radical (unpaired) electrons. The van der Waals surface area contributed by atoms with Crippen LogP contribution in [0.2, 0.25) is 10.0 Å². The van der Waals surface area contributed by atoms with Crippen molar-refractivity contribution in [2.24, 2.45) is 0 Å². The van der Waals surface area contributed by atoms with E-state index in [1.165, 1.54) is 32.7 Å². The fraction of sp³-hybridized carbons (Fsp3) is 0.500. The second-order valence-corrected chi connectivity index (χ2v) is 16.4. The van der Waals surface area contributed by atoms with Gasteiger partial charge in [0, 0.05) is 31.2 Å². The highest BCUT2D eigenvalue weighted by molar-refractivity contribution is 6.42. The van der Waals surface area contributed by atoms with Gasteiger partial charge in [0.2, 0.25) is 5.91 Å². The van der Waals surface area contributed by atoms with Crippen molar-refractivity contribution in [3.05, 3.63) is 50.2 Å². The summed E-state index contributed by atoms with van der Waals surface area (Å²) >= 11 is 13.2. The number of carbonyl (C=O) groups is 3. The summed E-state index contributed by atoms with van der Waals surface area (Å²) in [5, 5.41) is 20.7. The average molecular weight is 832 g/mol. The zero-order chi connectivity index (χ0) is 42.0. The number of likely N-dealkylation sites (N-methyl/N-ethyl adjacent to an activating group) is 1. The van der Waals surface area contributed by atoms with Crippen LogP contribution in [0.3, 0.4) is 0 Å². The zero-order valence-corrected chi connectivity index (χ0v) is 34.9. The van der Waals surface area contributed by atoms with E-state index >= 15 is 0 Å². The minimum atomic E-state index is -0.860. The van der Waals surface area contributed by atoms with E-state index in [1.807, 2.05) is 0 Å². The number of benzene rings is 2. The summed E-state index contributed by atoms with van der Waals surface area (Å²) in [4.78, 5) is 64.9. The van der Waals surface area contributed by atoms with Gasteiger partial charge >= 0.3 is 17.7 Å². The van der Waals surface area contributed by atoms with Crippen LogP contribution in [-0.4, -0.2) is 101 Å². The van der Waals surface area contributed by atoms with Gasteiger partial charge in [-0.05, 0) is 73.1 Å². The van der Waals surface area contributed by atoms with E-state index in [1.54, 1.807) is 47.6 Å². The van der Waals surface area contributed by atoms with Gasteiger partial charge in [0.1, 0.15) is 50.2 Å². The molecule has 3 N–H and O–H groups in total. The van der Waals surface area contributed by atoms with Crippen molar-refractivity contribution in [1.82, 2.24) is 14.9 Å². The summed E-state index contributed by atoms with van der Waals surface area (Å²) in [6, 6.07) is 4.71. The number of nitro groups is 1. The molecule has 1 aromatic heterocycles. The summed E-state index contributed by atoms with van der Waals surface area (Å²) in [6.07, 6.45) is 2.39. The van der Waals surface area contributed by atoms with Crippen molar-refractivity contribution in [1.29, 1.82) is 0 Å². The summed E-state index contributed by atoms with van der Waals surface area (Å²) in [5.41, 5.74) is -1.55. The van der Waals surface area contributed by atoms with E-state index in [4.69, 9.17) is 42.1 Å². The predicted molar refractivity (Wildman–Crippen MR) is 217 cm³/mol. The van der Waals surface area contributed by atoms with Crippen LogP contribution in [0.15, 0.2) is 24.5 Å². The molecule has 1 aliphatic carbocycles. The van der Waals surface area contributed by atoms with Crippen molar-refractivity contribution in [3.8, 4) is 22.8 Å². The summed E-state index contributed by atoms with van der Waals surface area (Å²) in [7, 11) is 2.58. The number of rotatable bonds is 12. The number of halogens is 2. The SMILES string of the molecule is CCN1CCN(c2ccc(NC(=O)OC(C)(C)C)c([N+](=O)[O-])c2-c2cc(NCC(=O)Nc3c(Cl)c(OC)c(C(=O)OC(C)(C)C)c(OC)c3Cl)ncn2)CC12CC2. The molecule has 1 saturated carbocycles. The van der Waals surface area contributed by atoms with Gasteiger partial charge in [-0.2, -0.15) is 0 Å². The third-order valence-corrected chi connectivity index (χ3v) is 9.96. The second-order valence-electron chi connectivity index (χ2n) is 15.6. The summed E-state index contributed by atoms with van der Waals surface area (Å²) in [6.45, 7) is 14.8. The lowest BCUT2D eigenvalue weighted by Crippen LogP contribution is -2.55. The van der Waals surface area contributed by atoms with Crippen LogP contribution in [0.1, 0.15) is 71.7 Å². The van der Waals surface area contributed by atoms with Gasteiger partial charge in [-0.1, -0.05) is 30.1 Å². The number of anilines is 4. The highest BCUT2D eigenvalue weighted by Crippen LogP contribution is 2.50. The van der Waals surface area contributed by atoms with Crippen LogP contribution in [0.5, 0.6) is 11.5 Å². The Morgan fingerprint density at radius 1 is 0.947 bits per heavy atom. The quantitative estimate of drug-likeness (QED) is 0.0926. The number of nitro benzene ring substituents is 1.